The first-order valence-electron chi connectivity index (χ1n) is 8.16. The molecule has 0 bridgehead atoms. The highest BCUT2D eigenvalue weighted by Gasteiger charge is 2.32. The lowest BCUT2D eigenvalue weighted by atomic mass is 10.0. The lowest BCUT2D eigenvalue weighted by Crippen LogP contribution is -2.48. The van der Waals surface area contributed by atoms with Gasteiger partial charge in [-0.25, -0.2) is 0 Å². The van der Waals surface area contributed by atoms with E-state index in [0.29, 0.717) is 13.2 Å². The molecule has 3 rings (SSSR count). The SMILES string of the molecule is COc1coc(C(=O)N2C[C@@H](c3ccccc3C)OC[C@H]2C)cc1=O. The second-order valence-electron chi connectivity index (χ2n) is 6.16. The quantitative estimate of drug-likeness (QED) is 0.857. The average molecular weight is 343 g/mol. The monoisotopic (exact) mass is 343 g/mol. The summed E-state index contributed by atoms with van der Waals surface area (Å²) in [7, 11) is 1.38. The molecule has 0 unspecified atom stereocenters. The Balaban J connectivity index is 1.85. The van der Waals surface area contributed by atoms with Gasteiger partial charge < -0.3 is 18.8 Å². The first-order chi connectivity index (χ1) is 12.0. The van der Waals surface area contributed by atoms with Gasteiger partial charge >= 0.3 is 0 Å². The third-order valence-corrected chi connectivity index (χ3v) is 4.46. The van der Waals surface area contributed by atoms with Crippen molar-refractivity contribution < 1.29 is 18.7 Å². The maximum absolute atomic E-state index is 12.8. The smallest absolute Gasteiger partial charge is 0.290 e. The molecular formula is C19H21NO5. The van der Waals surface area contributed by atoms with Gasteiger partial charge in [0.05, 0.1) is 26.3 Å². The first kappa shape index (κ1) is 17.2. The molecule has 2 heterocycles. The largest absolute Gasteiger partial charge is 0.490 e. The molecule has 6 heteroatoms. The number of ether oxygens (including phenoxy) is 2. The van der Waals surface area contributed by atoms with Crippen LogP contribution in [0.15, 0.2) is 45.8 Å². The number of aryl methyl sites for hydroxylation is 1. The number of nitrogens with zero attached hydrogens (tertiary/aromatic N) is 1. The van der Waals surface area contributed by atoms with Gasteiger partial charge in [0, 0.05) is 6.07 Å². The van der Waals surface area contributed by atoms with Crippen LogP contribution in [0.4, 0.5) is 0 Å². The number of hydrogen-bond donors (Lipinski definition) is 0. The highest BCUT2D eigenvalue weighted by molar-refractivity contribution is 5.91. The Hall–Kier alpha value is -2.60. The van der Waals surface area contributed by atoms with E-state index in [4.69, 9.17) is 13.9 Å². The minimum Gasteiger partial charge on any atom is -0.490 e. The second kappa shape index (κ2) is 7.11. The fraction of sp³-hybridized carbons (Fsp3) is 0.368. The van der Waals surface area contributed by atoms with Gasteiger partial charge in [-0.15, -0.1) is 0 Å². The van der Waals surface area contributed by atoms with Crippen LogP contribution >= 0.6 is 0 Å². The van der Waals surface area contributed by atoms with Crippen molar-refractivity contribution >= 4 is 5.91 Å². The van der Waals surface area contributed by atoms with Gasteiger partial charge in [0.15, 0.2) is 5.76 Å². The third kappa shape index (κ3) is 3.44. The van der Waals surface area contributed by atoms with Crippen molar-refractivity contribution in [1.29, 1.82) is 0 Å². The minimum atomic E-state index is -0.381. The van der Waals surface area contributed by atoms with E-state index in [9.17, 15) is 9.59 Å². The minimum absolute atomic E-state index is 0.00286. The number of methoxy groups -OCH3 is 1. The van der Waals surface area contributed by atoms with Crippen LogP contribution in [0.25, 0.3) is 0 Å². The highest BCUT2D eigenvalue weighted by atomic mass is 16.5. The average Bonchev–Trinajstić information content (AvgIpc) is 2.62. The van der Waals surface area contributed by atoms with Crippen molar-refractivity contribution in [1.82, 2.24) is 4.90 Å². The van der Waals surface area contributed by atoms with E-state index in [1.165, 1.54) is 19.4 Å². The summed E-state index contributed by atoms with van der Waals surface area (Å²) in [5.74, 6) is -0.249. The van der Waals surface area contributed by atoms with Crippen LogP contribution in [-0.2, 0) is 4.74 Å². The van der Waals surface area contributed by atoms with Crippen molar-refractivity contribution in [2.45, 2.75) is 26.0 Å². The van der Waals surface area contributed by atoms with E-state index in [1.807, 2.05) is 38.1 Å². The van der Waals surface area contributed by atoms with Crippen molar-refractivity contribution in [2.75, 3.05) is 20.3 Å². The molecule has 0 radical (unpaired) electrons. The second-order valence-corrected chi connectivity index (χ2v) is 6.16. The Morgan fingerprint density at radius 1 is 1.32 bits per heavy atom. The summed E-state index contributed by atoms with van der Waals surface area (Å²) >= 11 is 0. The fourth-order valence-corrected chi connectivity index (χ4v) is 2.98. The van der Waals surface area contributed by atoms with Gasteiger partial charge in [0.2, 0.25) is 11.2 Å². The molecule has 132 valence electrons. The van der Waals surface area contributed by atoms with Crippen molar-refractivity contribution in [3.63, 3.8) is 0 Å². The van der Waals surface area contributed by atoms with Gasteiger partial charge in [0.1, 0.15) is 12.4 Å². The molecule has 0 aliphatic carbocycles. The summed E-state index contributed by atoms with van der Waals surface area (Å²) in [5.41, 5.74) is 1.79. The molecule has 25 heavy (non-hydrogen) atoms. The Morgan fingerprint density at radius 3 is 2.76 bits per heavy atom. The van der Waals surface area contributed by atoms with E-state index in [2.05, 4.69) is 0 Å². The molecule has 0 N–H and O–H groups in total. The van der Waals surface area contributed by atoms with Crippen LogP contribution in [0.3, 0.4) is 0 Å². The number of morpholine rings is 1. The molecule has 6 nitrogen and oxygen atoms in total. The van der Waals surface area contributed by atoms with Crippen LogP contribution in [0.5, 0.6) is 5.75 Å². The van der Waals surface area contributed by atoms with E-state index >= 15 is 0 Å². The summed E-state index contributed by atoms with van der Waals surface area (Å²) in [6, 6.07) is 9.02. The number of hydrogen-bond acceptors (Lipinski definition) is 5. The van der Waals surface area contributed by atoms with E-state index in [1.54, 1.807) is 4.90 Å². The van der Waals surface area contributed by atoms with Crippen LogP contribution in [0, 0.1) is 6.92 Å². The molecule has 1 aromatic carbocycles. The molecule has 1 aliphatic heterocycles. The number of amides is 1. The van der Waals surface area contributed by atoms with Gasteiger partial charge in [-0.1, -0.05) is 24.3 Å². The van der Waals surface area contributed by atoms with Crippen LogP contribution in [0.1, 0.15) is 34.7 Å². The summed E-state index contributed by atoms with van der Waals surface area (Å²) in [4.78, 5) is 26.4. The molecule has 0 saturated carbocycles. The van der Waals surface area contributed by atoms with Gasteiger partial charge in [-0.2, -0.15) is 0 Å². The summed E-state index contributed by atoms with van der Waals surface area (Å²) < 4.78 is 16.1. The summed E-state index contributed by atoms with van der Waals surface area (Å²) in [6.45, 7) is 4.75. The van der Waals surface area contributed by atoms with E-state index in [0.717, 1.165) is 11.1 Å². The summed E-state index contributed by atoms with van der Waals surface area (Å²) in [5, 5.41) is 0. The standard InChI is InChI=1S/C19H21NO5/c1-12-6-4-5-7-14(12)17-9-20(13(2)10-24-17)19(22)16-8-15(21)18(23-3)11-25-16/h4-8,11,13,17H,9-10H2,1-3H3/t13-,17+/m1/s1. The third-order valence-electron chi connectivity index (χ3n) is 4.46. The Bertz CT molecular complexity index is 829. The normalized spacial score (nSPS) is 20.4. The predicted octanol–water partition coefficient (Wildman–Crippen LogP) is 2.56. The maximum Gasteiger partial charge on any atom is 0.290 e. The topological polar surface area (TPSA) is 69.0 Å². The Morgan fingerprint density at radius 2 is 2.08 bits per heavy atom. The zero-order valence-corrected chi connectivity index (χ0v) is 14.5. The number of carbonyl (C=O) groups is 1. The number of carbonyl (C=O) groups excluding carboxylic acids is 1. The zero-order valence-electron chi connectivity index (χ0n) is 14.5. The molecule has 1 aliphatic rings. The number of benzene rings is 1. The van der Waals surface area contributed by atoms with Crippen LogP contribution in [0.2, 0.25) is 0 Å². The van der Waals surface area contributed by atoms with E-state index < -0.39 is 0 Å². The lowest BCUT2D eigenvalue weighted by Gasteiger charge is -2.38. The molecular weight excluding hydrogens is 322 g/mol. The maximum atomic E-state index is 12.8. The van der Waals surface area contributed by atoms with Crippen LogP contribution < -0.4 is 10.2 Å². The molecule has 2 aromatic rings. The summed E-state index contributed by atoms with van der Waals surface area (Å²) in [6.07, 6.45) is 0.964. The van der Waals surface area contributed by atoms with Crippen molar-refractivity contribution in [3.05, 3.63) is 63.7 Å². The molecule has 1 saturated heterocycles. The lowest BCUT2D eigenvalue weighted by molar-refractivity contribution is -0.0498. The van der Waals surface area contributed by atoms with Crippen LogP contribution in [-0.4, -0.2) is 37.1 Å². The molecule has 2 atom stereocenters. The zero-order chi connectivity index (χ0) is 18.0. The Kier molecular flexibility index (Phi) is 4.90. The first-order valence-corrected chi connectivity index (χ1v) is 8.16. The Labute approximate surface area is 146 Å². The fourth-order valence-electron chi connectivity index (χ4n) is 2.98. The van der Waals surface area contributed by atoms with Gasteiger partial charge in [0.25, 0.3) is 5.91 Å². The van der Waals surface area contributed by atoms with E-state index in [-0.39, 0.29) is 35.0 Å². The van der Waals surface area contributed by atoms with Gasteiger partial charge in [-0.05, 0) is 25.0 Å². The number of rotatable bonds is 3. The molecule has 0 spiro atoms. The van der Waals surface area contributed by atoms with Crippen molar-refractivity contribution in [3.8, 4) is 5.75 Å². The molecule has 1 fully saturated rings. The van der Waals surface area contributed by atoms with Gasteiger partial charge in [-0.3, -0.25) is 9.59 Å². The highest BCUT2D eigenvalue weighted by Crippen LogP contribution is 2.28. The molecule has 1 aromatic heterocycles. The van der Waals surface area contributed by atoms with Crippen molar-refractivity contribution in [2.24, 2.45) is 0 Å². The molecule has 1 amide bonds. The predicted molar refractivity (Wildman–Crippen MR) is 91.9 cm³/mol.